The van der Waals surface area contributed by atoms with Crippen molar-refractivity contribution in [2.45, 2.75) is 53.4 Å². The van der Waals surface area contributed by atoms with Crippen LogP contribution in [0.1, 0.15) is 63.4 Å². The second-order valence-electron chi connectivity index (χ2n) is 8.50. The molecule has 0 saturated carbocycles. The maximum absolute atomic E-state index is 13.2. The van der Waals surface area contributed by atoms with E-state index >= 15 is 0 Å². The summed E-state index contributed by atoms with van der Waals surface area (Å²) in [5.74, 6) is -1.47. The van der Waals surface area contributed by atoms with E-state index in [4.69, 9.17) is 9.73 Å². The number of hydrogen-bond donors (Lipinski definition) is 0. The molecule has 0 bridgehead atoms. The van der Waals surface area contributed by atoms with Gasteiger partial charge < -0.3 is 9.30 Å². The van der Waals surface area contributed by atoms with E-state index in [1.807, 2.05) is 20.9 Å². The fraction of sp³-hybridized carbons (Fsp3) is 0.545. The number of ketones is 1. The molecule has 3 rings (SSSR count). The lowest BCUT2D eigenvalue weighted by Gasteiger charge is -2.38. The van der Waals surface area contributed by atoms with Gasteiger partial charge >= 0.3 is 5.97 Å². The number of hydrogen-bond acceptors (Lipinski definition) is 5. The van der Waals surface area contributed by atoms with Crippen LogP contribution in [0, 0.1) is 29.6 Å². The largest absolute Gasteiger partial charge is 0.465 e. The predicted octanol–water partition coefficient (Wildman–Crippen LogP) is 3.59. The average molecular weight is 381 g/mol. The number of aromatic nitrogens is 1. The standard InChI is InChI=1S/C22H27N3O3/c1-7-28-21(27)18-12(2)24-16-9-22(4,5)10-17(26)20(16)19(18)15-8-14(11-23)25(6)13(15)3/h8,18-19H,7,9-10H2,1-6H3/t18?,19-/m1/s1. The zero-order valence-corrected chi connectivity index (χ0v) is 17.4. The highest BCUT2D eigenvalue weighted by atomic mass is 16.5. The summed E-state index contributed by atoms with van der Waals surface area (Å²) in [5, 5.41) is 9.45. The lowest BCUT2D eigenvalue weighted by molar-refractivity contribution is -0.146. The SMILES string of the molecule is CCOC(=O)C1C(C)=NC2=C(C(=O)CC(C)(C)C2)[C@@H]1c1cc(C#N)n(C)c1C. The van der Waals surface area contributed by atoms with Gasteiger partial charge in [0.25, 0.3) is 0 Å². The number of nitrogens with zero attached hydrogens (tertiary/aromatic N) is 3. The van der Waals surface area contributed by atoms with Crippen LogP contribution >= 0.6 is 0 Å². The van der Waals surface area contributed by atoms with E-state index in [0.29, 0.717) is 29.8 Å². The molecule has 2 heterocycles. The summed E-state index contributed by atoms with van der Waals surface area (Å²) in [7, 11) is 1.82. The number of carbonyl (C=O) groups excluding carboxylic acids is 2. The number of esters is 1. The van der Waals surface area contributed by atoms with Crippen LogP contribution in [0.25, 0.3) is 0 Å². The van der Waals surface area contributed by atoms with Gasteiger partial charge in [-0.1, -0.05) is 13.8 Å². The Morgan fingerprint density at radius 3 is 2.64 bits per heavy atom. The van der Waals surface area contributed by atoms with E-state index in [0.717, 1.165) is 17.0 Å². The van der Waals surface area contributed by atoms with Crippen LogP contribution in [0.4, 0.5) is 0 Å². The predicted molar refractivity (Wildman–Crippen MR) is 106 cm³/mol. The molecule has 2 atom stereocenters. The van der Waals surface area contributed by atoms with Gasteiger partial charge in [0.15, 0.2) is 5.78 Å². The molecule has 1 unspecified atom stereocenters. The topological polar surface area (TPSA) is 84.4 Å². The molecule has 0 amide bonds. The third-order valence-corrected chi connectivity index (χ3v) is 5.87. The van der Waals surface area contributed by atoms with Crippen LogP contribution in [0.2, 0.25) is 0 Å². The van der Waals surface area contributed by atoms with E-state index in [2.05, 4.69) is 19.9 Å². The van der Waals surface area contributed by atoms with Gasteiger partial charge in [-0.3, -0.25) is 14.6 Å². The number of ether oxygens (including phenoxy) is 1. The normalized spacial score (nSPS) is 23.8. The van der Waals surface area contributed by atoms with Crippen molar-refractivity contribution in [3.8, 4) is 6.07 Å². The molecule has 1 aromatic heterocycles. The minimum Gasteiger partial charge on any atom is -0.465 e. The Hall–Kier alpha value is -2.68. The first-order chi connectivity index (χ1) is 13.1. The maximum Gasteiger partial charge on any atom is 0.315 e. The van der Waals surface area contributed by atoms with Crippen molar-refractivity contribution in [1.82, 2.24) is 4.57 Å². The summed E-state index contributed by atoms with van der Waals surface area (Å²) in [5.41, 5.74) is 4.08. The number of Topliss-reactive ketones (excluding diaryl/α,β-unsaturated/α-hetero) is 1. The van der Waals surface area contributed by atoms with E-state index in [-0.39, 0.29) is 23.8 Å². The molecular weight excluding hydrogens is 354 g/mol. The monoisotopic (exact) mass is 381 g/mol. The zero-order chi connectivity index (χ0) is 20.8. The van der Waals surface area contributed by atoms with Crippen molar-refractivity contribution >= 4 is 17.5 Å². The van der Waals surface area contributed by atoms with Crippen molar-refractivity contribution < 1.29 is 14.3 Å². The van der Waals surface area contributed by atoms with Gasteiger partial charge in [0.2, 0.25) is 0 Å². The minimum absolute atomic E-state index is 0.0311. The molecule has 1 aromatic rings. The summed E-state index contributed by atoms with van der Waals surface area (Å²) in [6.07, 6.45) is 1.11. The molecule has 148 valence electrons. The molecule has 0 spiro atoms. The second kappa shape index (κ2) is 7.05. The lowest BCUT2D eigenvalue weighted by atomic mass is 9.67. The van der Waals surface area contributed by atoms with Crippen LogP contribution < -0.4 is 0 Å². The smallest absolute Gasteiger partial charge is 0.315 e. The molecule has 0 radical (unpaired) electrons. The molecule has 0 saturated heterocycles. The van der Waals surface area contributed by atoms with E-state index in [1.54, 1.807) is 17.6 Å². The van der Waals surface area contributed by atoms with Crippen molar-refractivity contribution in [3.63, 3.8) is 0 Å². The van der Waals surface area contributed by atoms with Crippen molar-refractivity contribution in [2.24, 2.45) is 23.4 Å². The fourth-order valence-electron chi connectivity index (χ4n) is 4.46. The highest BCUT2D eigenvalue weighted by molar-refractivity contribution is 6.09. The van der Waals surface area contributed by atoms with Gasteiger partial charge in [0.05, 0.1) is 6.61 Å². The van der Waals surface area contributed by atoms with E-state index in [9.17, 15) is 14.9 Å². The second-order valence-corrected chi connectivity index (χ2v) is 8.50. The Morgan fingerprint density at radius 2 is 2.07 bits per heavy atom. The van der Waals surface area contributed by atoms with Gasteiger partial charge in [0, 0.05) is 42.1 Å². The molecule has 0 fully saturated rings. The highest BCUT2D eigenvalue weighted by Gasteiger charge is 2.46. The number of rotatable bonds is 3. The van der Waals surface area contributed by atoms with Crippen LogP contribution in [0.15, 0.2) is 22.3 Å². The summed E-state index contributed by atoms with van der Waals surface area (Å²) >= 11 is 0. The Kier molecular flexibility index (Phi) is 5.05. The van der Waals surface area contributed by atoms with Gasteiger partial charge in [-0.15, -0.1) is 0 Å². The molecule has 28 heavy (non-hydrogen) atoms. The minimum atomic E-state index is -0.656. The first-order valence-corrected chi connectivity index (χ1v) is 9.65. The summed E-state index contributed by atoms with van der Waals surface area (Å²) < 4.78 is 7.14. The Bertz CT molecular complexity index is 956. The molecule has 6 nitrogen and oxygen atoms in total. The number of nitriles is 1. The van der Waals surface area contributed by atoms with Gasteiger partial charge in [-0.2, -0.15) is 5.26 Å². The molecule has 6 heteroatoms. The Balaban J connectivity index is 2.25. The van der Waals surface area contributed by atoms with Crippen molar-refractivity contribution in [2.75, 3.05) is 6.61 Å². The van der Waals surface area contributed by atoms with Crippen LogP contribution in [0.5, 0.6) is 0 Å². The van der Waals surface area contributed by atoms with Crippen LogP contribution in [-0.2, 0) is 21.4 Å². The summed E-state index contributed by atoms with van der Waals surface area (Å²) in [6, 6.07) is 3.98. The molecule has 1 aliphatic heterocycles. The average Bonchev–Trinajstić information content (AvgIpc) is 2.87. The van der Waals surface area contributed by atoms with Crippen LogP contribution in [0.3, 0.4) is 0 Å². The van der Waals surface area contributed by atoms with Gasteiger partial charge in [0.1, 0.15) is 17.7 Å². The summed E-state index contributed by atoms with van der Waals surface area (Å²) in [4.78, 5) is 30.7. The molecule has 2 aliphatic rings. The number of allylic oxidation sites excluding steroid dienone is 2. The first-order valence-electron chi connectivity index (χ1n) is 9.65. The zero-order valence-electron chi connectivity index (χ0n) is 17.4. The third-order valence-electron chi connectivity index (χ3n) is 5.87. The molecule has 0 N–H and O–H groups in total. The Morgan fingerprint density at radius 1 is 1.39 bits per heavy atom. The highest BCUT2D eigenvalue weighted by Crippen LogP contribution is 2.48. The quantitative estimate of drug-likeness (QED) is 0.749. The lowest BCUT2D eigenvalue weighted by Crippen LogP contribution is -2.39. The van der Waals surface area contributed by atoms with E-state index < -0.39 is 11.8 Å². The van der Waals surface area contributed by atoms with E-state index in [1.165, 1.54) is 0 Å². The summed E-state index contributed by atoms with van der Waals surface area (Å²) in [6.45, 7) is 9.90. The van der Waals surface area contributed by atoms with Gasteiger partial charge in [-0.25, -0.2) is 0 Å². The Labute approximate surface area is 165 Å². The molecule has 1 aliphatic carbocycles. The van der Waals surface area contributed by atoms with Crippen molar-refractivity contribution in [3.05, 3.63) is 34.3 Å². The maximum atomic E-state index is 13.2. The number of carbonyl (C=O) groups is 2. The third kappa shape index (κ3) is 3.19. The first kappa shape index (κ1) is 20.1. The molecular formula is C22H27N3O3. The van der Waals surface area contributed by atoms with Crippen molar-refractivity contribution in [1.29, 1.82) is 5.26 Å². The molecule has 0 aromatic carbocycles. The van der Waals surface area contributed by atoms with Crippen LogP contribution in [-0.4, -0.2) is 28.6 Å². The van der Waals surface area contributed by atoms with Gasteiger partial charge in [-0.05, 0) is 44.2 Å². The fourth-order valence-corrected chi connectivity index (χ4v) is 4.46. The number of aliphatic imine (C=N–C) groups is 1.